The minimum Gasteiger partial charge on any atom is -0.545 e. The Balaban J connectivity index is 0.00000242. The van der Waals surface area contributed by atoms with Gasteiger partial charge in [0.05, 0.1) is 11.5 Å². The summed E-state index contributed by atoms with van der Waals surface area (Å²) in [5, 5.41) is 11.0. The van der Waals surface area contributed by atoms with Crippen LogP contribution in [0, 0.1) is 0 Å². The molecule has 7 heteroatoms. The molecule has 0 aliphatic heterocycles. The van der Waals surface area contributed by atoms with Crippen molar-refractivity contribution in [3.8, 4) is 0 Å². The molecule has 0 fully saturated rings. The van der Waals surface area contributed by atoms with Crippen LogP contribution in [0.2, 0.25) is 0 Å². The first-order valence-electron chi connectivity index (χ1n) is 5.97. The van der Waals surface area contributed by atoms with Gasteiger partial charge in [-0.3, -0.25) is 0 Å². The summed E-state index contributed by atoms with van der Waals surface area (Å²) in [5.41, 5.74) is -0.483. The minimum absolute atomic E-state index is 0. The van der Waals surface area contributed by atoms with Crippen molar-refractivity contribution in [2.75, 3.05) is 0 Å². The molecule has 0 aliphatic carbocycles. The van der Waals surface area contributed by atoms with Gasteiger partial charge in [0.1, 0.15) is 0 Å². The molecule has 0 aromatic heterocycles. The molecular weight excluding hydrogens is 324 g/mol. The summed E-state index contributed by atoms with van der Waals surface area (Å²) in [6, 6.07) is 11.9. The first-order chi connectivity index (χ1) is 9.88. The Bertz CT molecular complexity index is 645. The van der Waals surface area contributed by atoms with Crippen LogP contribution in [-0.2, 0) is 11.9 Å². The molecule has 0 heterocycles. The van der Waals surface area contributed by atoms with Crippen molar-refractivity contribution in [1.29, 1.82) is 0 Å². The molecule has 2 aromatic carbocycles. The molecular formula is C15H10F3NaO2S. The van der Waals surface area contributed by atoms with E-state index >= 15 is 0 Å². The summed E-state index contributed by atoms with van der Waals surface area (Å²) in [6.45, 7) is 0. The van der Waals surface area contributed by atoms with Crippen molar-refractivity contribution < 1.29 is 52.6 Å². The third kappa shape index (κ3) is 5.05. The Labute approximate surface area is 152 Å². The molecule has 22 heavy (non-hydrogen) atoms. The molecule has 0 spiro atoms. The number of aromatic carboxylic acids is 1. The Hall–Kier alpha value is -0.950. The zero-order chi connectivity index (χ0) is 15.5. The number of thioether (sulfide) groups is 1. The largest absolute Gasteiger partial charge is 1.00 e. The molecule has 0 saturated carbocycles. The molecule has 110 valence electrons. The van der Waals surface area contributed by atoms with Gasteiger partial charge in [-0.1, -0.05) is 30.3 Å². The number of halogens is 3. The van der Waals surface area contributed by atoms with Gasteiger partial charge in [-0.15, -0.1) is 11.8 Å². The quantitative estimate of drug-likeness (QED) is 0.599. The number of carboxylic acid groups (broad SMARTS) is 1. The Morgan fingerprint density at radius 3 is 2.27 bits per heavy atom. The van der Waals surface area contributed by atoms with Crippen LogP contribution in [0.25, 0.3) is 0 Å². The SMILES string of the molecule is O=C([O-])c1cc(C(F)(F)F)ccc1SCc1ccccc1.[Na+]. The predicted molar refractivity (Wildman–Crippen MR) is 71.8 cm³/mol. The third-order valence-electron chi connectivity index (χ3n) is 2.76. The number of carbonyl (C=O) groups excluding carboxylic acids is 1. The summed E-state index contributed by atoms with van der Waals surface area (Å²) in [6.07, 6.45) is -4.58. The Morgan fingerprint density at radius 1 is 1.09 bits per heavy atom. The van der Waals surface area contributed by atoms with Crippen LogP contribution in [0.15, 0.2) is 53.4 Å². The number of alkyl halides is 3. The van der Waals surface area contributed by atoms with Gasteiger partial charge in [0.25, 0.3) is 0 Å². The van der Waals surface area contributed by atoms with Gasteiger partial charge in [-0.05, 0) is 23.8 Å². The molecule has 0 saturated heterocycles. The number of carbonyl (C=O) groups is 1. The topological polar surface area (TPSA) is 40.1 Å². The number of hydrogen-bond acceptors (Lipinski definition) is 3. The second kappa shape index (κ2) is 8.06. The number of benzene rings is 2. The summed E-state index contributed by atoms with van der Waals surface area (Å²) >= 11 is 1.16. The maximum absolute atomic E-state index is 12.6. The summed E-state index contributed by atoms with van der Waals surface area (Å²) < 4.78 is 37.8. The van der Waals surface area contributed by atoms with Crippen molar-refractivity contribution in [2.24, 2.45) is 0 Å². The smallest absolute Gasteiger partial charge is 0.545 e. The van der Waals surface area contributed by atoms with Crippen molar-refractivity contribution in [3.05, 3.63) is 65.2 Å². The van der Waals surface area contributed by atoms with Crippen LogP contribution in [0.5, 0.6) is 0 Å². The first-order valence-corrected chi connectivity index (χ1v) is 6.96. The second-order valence-electron chi connectivity index (χ2n) is 4.27. The van der Waals surface area contributed by atoms with Crippen LogP contribution < -0.4 is 34.7 Å². The van der Waals surface area contributed by atoms with E-state index < -0.39 is 23.3 Å². The maximum atomic E-state index is 12.6. The average molecular weight is 334 g/mol. The van der Waals surface area contributed by atoms with Gasteiger partial charge in [0.2, 0.25) is 0 Å². The molecule has 0 N–H and O–H groups in total. The normalized spacial score (nSPS) is 10.9. The molecule has 0 atom stereocenters. The molecule has 0 bridgehead atoms. The fourth-order valence-corrected chi connectivity index (χ4v) is 2.70. The molecule has 2 rings (SSSR count). The van der Waals surface area contributed by atoms with Crippen LogP contribution in [0.3, 0.4) is 0 Å². The van der Waals surface area contributed by atoms with E-state index in [2.05, 4.69) is 0 Å². The summed E-state index contributed by atoms with van der Waals surface area (Å²) in [4.78, 5) is 11.3. The first kappa shape index (κ1) is 19.1. The predicted octanol–water partition coefficient (Wildman–Crippen LogP) is 0.365. The second-order valence-corrected chi connectivity index (χ2v) is 5.29. The average Bonchev–Trinajstić information content (AvgIpc) is 2.45. The van der Waals surface area contributed by atoms with Crippen LogP contribution in [0.1, 0.15) is 21.5 Å². The molecule has 2 nitrogen and oxygen atoms in total. The monoisotopic (exact) mass is 334 g/mol. The van der Waals surface area contributed by atoms with E-state index in [-0.39, 0.29) is 34.5 Å². The van der Waals surface area contributed by atoms with E-state index in [0.29, 0.717) is 11.8 Å². The molecule has 0 radical (unpaired) electrons. The van der Waals surface area contributed by atoms with Crippen LogP contribution in [0.4, 0.5) is 13.2 Å². The number of hydrogen-bond donors (Lipinski definition) is 0. The third-order valence-corrected chi connectivity index (χ3v) is 3.91. The molecule has 0 unspecified atom stereocenters. The van der Waals surface area contributed by atoms with E-state index in [9.17, 15) is 23.1 Å². The Morgan fingerprint density at radius 2 is 1.73 bits per heavy atom. The van der Waals surface area contributed by atoms with Gasteiger partial charge in [0.15, 0.2) is 0 Å². The van der Waals surface area contributed by atoms with Gasteiger partial charge in [0, 0.05) is 16.2 Å². The van der Waals surface area contributed by atoms with Crippen molar-refractivity contribution >= 4 is 17.7 Å². The van der Waals surface area contributed by atoms with Gasteiger partial charge in [-0.2, -0.15) is 13.2 Å². The van der Waals surface area contributed by atoms with Gasteiger partial charge >= 0.3 is 35.7 Å². The van der Waals surface area contributed by atoms with Crippen molar-refractivity contribution in [1.82, 2.24) is 0 Å². The summed E-state index contributed by atoms with van der Waals surface area (Å²) in [5.74, 6) is -1.15. The van der Waals surface area contributed by atoms with E-state index in [1.165, 1.54) is 6.07 Å². The zero-order valence-electron chi connectivity index (χ0n) is 11.7. The molecule has 0 amide bonds. The number of carboxylic acids is 1. The van der Waals surface area contributed by atoms with Crippen molar-refractivity contribution in [2.45, 2.75) is 16.8 Å². The van der Waals surface area contributed by atoms with Gasteiger partial charge < -0.3 is 9.90 Å². The zero-order valence-corrected chi connectivity index (χ0v) is 14.5. The Kier molecular flexibility index (Phi) is 6.99. The van der Waals surface area contributed by atoms with Crippen LogP contribution in [-0.4, -0.2) is 5.97 Å². The maximum Gasteiger partial charge on any atom is 1.00 e. The molecule has 2 aromatic rings. The summed E-state index contributed by atoms with van der Waals surface area (Å²) in [7, 11) is 0. The van der Waals surface area contributed by atoms with Crippen molar-refractivity contribution in [3.63, 3.8) is 0 Å². The molecule has 0 aliphatic rings. The fourth-order valence-electron chi connectivity index (χ4n) is 1.73. The standard InChI is InChI=1S/C15H11F3O2S.Na/c16-15(17,18)11-6-7-13(12(8-11)14(19)20)21-9-10-4-2-1-3-5-10;/h1-8H,9H2,(H,19,20);/q;+1/p-1. The fraction of sp³-hybridized carbons (Fsp3) is 0.133. The van der Waals surface area contributed by atoms with E-state index in [4.69, 9.17) is 0 Å². The van der Waals surface area contributed by atoms with E-state index in [1.54, 1.807) is 0 Å². The number of rotatable bonds is 4. The van der Waals surface area contributed by atoms with E-state index in [1.807, 2.05) is 30.3 Å². The van der Waals surface area contributed by atoms with E-state index in [0.717, 1.165) is 23.4 Å². The van der Waals surface area contributed by atoms with Crippen LogP contribution >= 0.6 is 11.8 Å². The minimum atomic E-state index is -4.58. The van der Waals surface area contributed by atoms with Gasteiger partial charge in [-0.25, -0.2) is 0 Å².